The number of benzene rings is 2. The second-order valence-electron chi connectivity index (χ2n) is 8.33. The lowest BCUT2D eigenvalue weighted by molar-refractivity contribution is -0.126. The number of piperidine rings is 1. The molecular formula is C23H26ClNO3. The van der Waals surface area contributed by atoms with Crippen molar-refractivity contribution in [2.45, 2.75) is 50.3 Å². The van der Waals surface area contributed by atoms with Gasteiger partial charge in [0.1, 0.15) is 0 Å². The lowest BCUT2D eigenvalue weighted by Gasteiger charge is -2.53. The van der Waals surface area contributed by atoms with E-state index in [9.17, 15) is 5.11 Å². The summed E-state index contributed by atoms with van der Waals surface area (Å²) < 4.78 is 11.1. The van der Waals surface area contributed by atoms with Crippen molar-refractivity contribution in [3.63, 3.8) is 0 Å². The molecule has 0 unspecified atom stereocenters. The highest BCUT2D eigenvalue weighted by Crippen LogP contribution is 2.50. The van der Waals surface area contributed by atoms with Crippen molar-refractivity contribution < 1.29 is 14.6 Å². The Morgan fingerprint density at radius 1 is 1.07 bits per heavy atom. The Morgan fingerprint density at radius 2 is 1.93 bits per heavy atom. The maximum Gasteiger partial charge on any atom is 0.231 e. The summed E-state index contributed by atoms with van der Waals surface area (Å²) in [7, 11) is 0. The van der Waals surface area contributed by atoms with Gasteiger partial charge in [-0.05, 0) is 48.6 Å². The number of aliphatic hydroxyl groups is 1. The highest BCUT2D eigenvalue weighted by Gasteiger charge is 2.49. The molecule has 2 aliphatic heterocycles. The Hall–Kier alpha value is -1.75. The van der Waals surface area contributed by atoms with Crippen molar-refractivity contribution in [3.8, 4) is 11.5 Å². The predicted octanol–water partition coefficient (Wildman–Crippen LogP) is 4.94. The van der Waals surface area contributed by atoms with Crippen LogP contribution in [0.1, 0.15) is 49.3 Å². The maximum absolute atomic E-state index is 11.4. The molecule has 3 aliphatic rings. The number of ether oxygens (including phenoxy) is 2. The summed E-state index contributed by atoms with van der Waals surface area (Å²) in [6.07, 6.45) is 5.07. The topological polar surface area (TPSA) is 41.9 Å². The van der Waals surface area contributed by atoms with Crippen LogP contribution in [0.3, 0.4) is 0 Å². The van der Waals surface area contributed by atoms with Gasteiger partial charge in [-0.3, -0.25) is 4.90 Å². The van der Waals surface area contributed by atoms with E-state index in [1.165, 1.54) is 12.0 Å². The minimum atomic E-state index is -0.573. The first kappa shape index (κ1) is 18.3. The van der Waals surface area contributed by atoms with E-state index in [0.717, 1.165) is 60.9 Å². The quantitative estimate of drug-likeness (QED) is 0.794. The zero-order valence-corrected chi connectivity index (χ0v) is 16.7. The van der Waals surface area contributed by atoms with Crippen LogP contribution in [-0.2, 0) is 6.54 Å². The number of rotatable bonds is 3. The van der Waals surface area contributed by atoms with Crippen molar-refractivity contribution in [1.29, 1.82) is 0 Å². The Morgan fingerprint density at radius 3 is 2.82 bits per heavy atom. The molecule has 148 valence electrons. The summed E-state index contributed by atoms with van der Waals surface area (Å²) in [5, 5.41) is 12.2. The zero-order chi connectivity index (χ0) is 19.1. The fraction of sp³-hybridized carbons (Fsp3) is 0.478. The molecule has 0 radical (unpaired) electrons. The standard InChI is InChI=1S/C23H26ClNO3/c24-19-7-2-1-5-17(19)14-25-12-11-23(26)10-4-3-6-18(23)22(25)16-8-9-20-21(13-16)28-15-27-20/h1-2,5,7-9,13,18,22,26H,3-4,6,10-12,14-15H2/t18-,22-,23-/m1/s1. The molecule has 2 fully saturated rings. The molecule has 1 saturated heterocycles. The van der Waals surface area contributed by atoms with Crippen LogP contribution in [0.15, 0.2) is 42.5 Å². The number of likely N-dealkylation sites (tertiary alicyclic amines) is 1. The molecule has 1 N–H and O–H groups in total. The van der Waals surface area contributed by atoms with E-state index in [1.807, 2.05) is 24.3 Å². The summed E-state index contributed by atoms with van der Waals surface area (Å²) in [5.74, 6) is 1.83. The summed E-state index contributed by atoms with van der Waals surface area (Å²) in [6, 6.07) is 14.4. The summed E-state index contributed by atoms with van der Waals surface area (Å²) in [5.41, 5.74) is 1.76. The van der Waals surface area contributed by atoms with E-state index < -0.39 is 5.60 Å². The number of nitrogens with zero attached hydrogens (tertiary/aromatic N) is 1. The van der Waals surface area contributed by atoms with E-state index in [1.54, 1.807) is 0 Å². The van der Waals surface area contributed by atoms with Crippen LogP contribution in [0.4, 0.5) is 0 Å². The highest BCUT2D eigenvalue weighted by molar-refractivity contribution is 6.31. The molecule has 28 heavy (non-hydrogen) atoms. The van der Waals surface area contributed by atoms with Gasteiger partial charge in [-0.2, -0.15) is 0 Å². The molecule has 0 spiro atoms. The fourth-order valence-electron chi connectivity index (χ4n) is 5.31. The van der Waals surface area contributed by atoms with E-state index >= 15 is 0 Å². The van der Waals surface area contributed by atoms with Crippen molar-refractivity contribution in [3.05, 3.63) is 58.6 Å². The Kier molecular flexibility index (Phi) is 4.74. The molecule has 2 aromatic carbocycles. The third kappa shape index (κ3) is 3.18. The molecule has 4 nitrogen and oxygen atoms in total. The van der Waals surface area contributed by atoms with Crippen LogP contribution in [-0.4, -0.2) is 28.9 Å². The second-order valence-corrected chi connectivity index (χ2v) is 8.73. The predicted molar refractivity (Wildman–Crippen MR) is 109 cm³/mol. The largest absolute Gasteiger partial charge is 0.454 e. The molecule has 0 bridgehead atoms. The summed E-state index contributed by atoms with van der Waals surface area (Å²) in [4.78, 5) is 2.49. The zero-order valence-electron chi connectivity index (χ0n) is 15.9. The number of hydrogen-bond donors (Lipinski definition) is 1. The molecule has 0 aromatic heterocycles. The average molecular weight is 400 g/mol. The minimum Gasteiger partial charge on any atom is -0.454 e. The van der Waals surface area contributed by atoms with Gasteiger partial charge in [0.25, 0.3) is 0 Å². The van der Waals surface area contributed by atoms with Gasteiger partial charge in [-0.15, -0.1) is 0 Å². The Bertz CT molecular complexity index is 873. The van der Waals surface area contributed by atoms with Gasteiger partial charge < -0.3 is 14.6 Å². The van der Waals surface area contributed by atoms with Gasteiger partial charge in [0.15, 0.2) is 11.5 Å². The SMILES string of the molecule is O[C@@]12CCCC[C@@H]1[C@@H](c1ccc3c(c1)OCO3)N(Cc1ccccc1Cl)CC2. The van der Waals surface area contributed by atoms with E-state index in [4.69, 9.17) is 21.1 Å². The van der Waals surface area contributed by atoms with Crippen LogP contribution in [0.2, 0.25) is 5.02 Å². The molecule has 1 saturated carbocycles. The van der Waals surface area contributed by atoms with Gasteiger partial charge in [-0.25, -0.2) is 0 Å². The Labute approximate surface area is 171 Å². The number of halogens is 1. The van der Waals surface area contributed by atoms with Crippen molar-refractivity contribution >= 4 is 11.6 Å². The molecule has 3 atom stereocenters. The first-order chi connectivity index (χ1) is 13.6. The van der Waals surface area contributed by atoms with Crippen LogP contribution < -0.4 is 9.47 Å². The molecule has 2 heterocycles. The molecule has 2 aromatic rings. The van der Waals surface area contributed by atoms with Gasteiger partial charge in [0, 0.05) is 30.1 Å². The minimum absolute atomic E-state index is 0.143. The van der Waals surface area contributed by atoms with Crippen molar-refractivity contribution in [2.24, 2.45) is 5.92 Å². The first-order valence-electron chi connectivity index (χ1n) is 10.2. The average Bonchev–Trinajstić information content (AvgIpc) is 3.17. The molecule has 5 heteroatoms. The first-order valence-corrected chi connectivity index (χ1v) is 10.6. The third-order valence-corrected chi connectivity index (χ3v) is 7.11. The molecular weight excluding hydrogens is 374 g/mol. The lowest BCUT2D eigenvalue weighted by Crippen LogP contribution is -2.54. The van der Waals surface area contributed by atoms with Gasteiger partial charge in [0.05, 0.1) is 5.60 Å². The van der Waals surface area contributed by atoms with Gasteiger partial charge in [-0.1, -0.05) is 48.7 Å². The molecule has 0 amide bonds. The lowest BCUT2D eigenvalue weighted by atomic mass is 9.66. The fourth-order valence-corrected chi connectivity index (χ4v) is 5.50. The normalized spacial score (nSPS) is 29.5. The summed E-state index contributed by atoms with van der Waals surface area (Å²) >= 11 is 6.47. The number of hydrogen-bond acceptors (Lipinski definition) is 4. The maximum atomic E-state index is 11.4. The third-order valence-electron chi connectivity index (χ3n) is 6.74. The van der Waals surface area contributed by atoms with Crippen LogP contribution in [0, 0.1) is 5.92 Å². The van der Waals surface area contributed by atoms with Gasteiger partial charge in [0.2, 0.25) is 6.79 Å². The molecule has 5 rings (SSSR count). The second kappa shape index (κ2) is 7.25. The summed E-state index contributed by atoms with van der Waals surface area (Å²) in [6.45, 7) is 1.92. The van der Waals surface area contributed by atoms with E-state index in [2.05, 4.69) is 23.1 Å². The van der Waals surface area contributed by atoms with Crippen LogP contribution in [0.5, 0.6) is 11.5 Å². The Balaban J connectivity index is 1.53. The van der Waals surface area contributed by atoms with Crippen LogP contribution >= 0.6 is 11.6 Å². The van der Waals surface area contributed by atoms with Crippen LogP contribution in [0.25, 0.3) is 0 Å². The number of fused-ring (bicyclic) bond motifs is 2. The highest BCUT2D eigenvalue weighted by atomic mass is 35.5. The van der Waals surface area contributed by atoms with E-state index in [-0.39, 0.29) is 18.8 Å². The van der Waals surface area contributed by atoms with Gasteiger partial charge >= 0.3 is 0 Å². The molecule has 1 aliphatic carbocycles. The van der Waals surface area contributed by atoms with Crippen molar-refractivity contribution in [1.82, 2.24) is 4.90 Å². The van der Waals surface area contributed by atoms with Crippen molar-refractivity contribution in [2.75, 3.05) is 13.3 Å². The van der Waals surface area contributed by atoms with E-state index in [0.29, 0.717) is 0 Å². The monoisotopic (exact) mass is 399 g/mol. The smallest absolute Gasteiger partial charge is 0.231 e.